The van der Waals surface area contributed by atoms with Crippen LogP contribution in [0.1, 0.15) is 49.1 Å². The number of alkyl carbamates (subject to hydrolysis) is 1. The number of carbonyl (C=O) groups excluding carboxylic acids is 1. The van der Waals surface area contributed by atoms with E-state index >= 15 is 0 Å². The minimum Gasteiger partial charge on any atom is -0.450 e. The molecule has 5 rings (SSSR count). The summed E-state index contributed by atoms with van der Waals surface area (Å²) in [7, 11) is 0. The number of hydrogen-bond acceptors (Lipinski definition) is 4. The monoisotopic (exact) mass is 460 g/mol. The van der Waals surface area contributed by atoms with Gasteiger partial charge in [-0.25, -0.2) is 9.18 Å². The number of amides is 1. The number of rotatable bonds is 5. The van der Waals surface area contributed by atoms with Crippen LogP contribution in [0.5, 0.6) is 0 Å². The van der Waals surface area contributed by atoms with E-state index in [1.807, 2.05) is 31.3 Å². The van der Waals surface area contributed by atoms with Gasteiger partial charge in [0.15, 0.2) is 0 Å². The molecule has 0 radical (unpaired) electrons. The number of halogens is 1. The van der Waals surface area contributed by atoms with Crippen molar-refractivity contribution in [1.82, 2.24) is 20.5 Å². The first-order valence-corrected chi connectivity index (χ1v) is 12.0. The molecule has 34 heavy (non-hydrogen) atoms. The number of carbonyl (C=O) groups is 1. The maximum Gasteiger partial charge on any atom is 0.407 e. The number of H-pyrrole nitrogens is 1. The molecular formula is C27H29FN4O2. The van der Waals surface area contributed by atoms with Crippen LogP contribution in [0.15, 0.2) is 54.9 Å². The number of nitrogens with zero attached hydrogens (tertiary/aromatic N) is 2. The lowest BCUT2D eigenvalue weighted by atomic mass is 9.64. The summed E-state index contributed by atoms with van der Waals surface area (Å²) in [6.07, 6.45) is 11.6. The molecule has 0 aliphatic heterocycles. The summed E-state index contributed by atoms with van der Waals surface area (Å²) < 4.78 is 18.6. The molecule has 0 unspecified atom stereocenters. The van der Waals surface area contributed by atoms with Crippen LogP contribution in [0.25, 0.3) is 17.2 Å². The molecule has 0 bridgehead atoms. The number of fused-ring (bicyclic) bond motifs is 2. The average Bonchev–Trinajstić information content (AvgIpc) is 3.30. The Balaban J connectivity index is 1.32. The van der Waals surface area contributed by atoms with Crippen molar-refractivity contribution in [3.05, 3.63) is 77.6 Å². The van der Waals surface area contributed by atoms with E-state index in [9.17, 15) is 9.18 Å². The standard InChI is InChI=1S/C27H29FN4O2/c1-2-34-27(33)31-23-9-10-24-19(14-23)12-20-16-30-32-26(20)25(24)11-8-22-7-6-18(15-29-22)17-4-3-5-21(28)13-17/h3-8,11,13,15-16,19,23-25H,2,9-10,12,14H2,1H3,(H,30,32)(H,31,33)/t19-,23-,24-,25+/m1/s1. The highest BCUT2D eigenvalue weighted by molar-refractivity contribution is 5.67. The highest BCUT2D eigenvalue weighted by atomic mass is 19.1. The summed E-state index contributed by atoms with van der Waals surface area (Å²) in [6.45, 7) is 2.20. The zero-order chi connectivity index (χ0) is 23.5. The third-order valence-electron chi connectivity index (χ3n) is 7.09. The van der Waals surface area contributed by atoms with E-state index in [4.69, 9.17) is 4.74 Å². The lowest BCUT2D eigenvalue weighted by molar-refractivity contribution is 0.129. The molecule has 3 aromatic rings. The molecule has 4 atom stereocenters. The molecule has 2 aliphatic rings. The summed E-state index contributed by atoms with van der Waals surface area (Å²) in [5.74, 6) is 0.931. The van der Waals surface area contributed by atoms with Crippen molar-refractivity contribution in [3.8, 4) is 11.1 Å². The van der Waals surface area contributed by atoms with E-state index in [1.54, 1.807) is 12.3 Å². The molecule has 1 amide bonds. The number of ether oxygens (including phenoxy) is 1. The predicted octanol–water partition coefficient (Wildman–Crippen LogP) is 5.49. The molecule has 6 nitrogen and oxygen atoms in total. The zero-order valence-corrected chi connectivity index (χ0v) is 19.2. The number of aromatic nitrogens is 3. The Morgan fingerprint density at radius 3 is 2.94 bits per heavy atom. The van der Waals surface area contributed by atoms with Crippen molar-refractivity contribution < 1.29 is 13.9 Å². The van der Waals surface area contributed by atoms with E-state index in [2.05, 4.69) is 32.7 Å². The predicted molar refractivity (Wildman–Crippen MR) is 128 cm³/mol. The number of pyridine rings is 1. The van der Waals surface area contributed by atoms with Crippen LogP contribution in [0.4, 0.5) is 9.18 Å². The molecule has 1 aromatic carbocycles. The quantitative estimate of drug-likeness (QED) is 0.527. The number of aromatic amines is 1. The van der Waals surface area contributed by atoms with Crippen molar-refractivity contribution in [2.75, 3.05) is 6.61 Å². The van der Waals surface area contributed by atoms with Crippen LogP contribution >= 0.6 is 0 Å². The van der Waals surface area contributed by atoms with Crippen molar-refractivity contribution >= 4 is 12.2 Å². The van der Waals surface area contributed by atoms with Gasteiger partial charge in [0.25, 0.3) is 0 Å². The number of hydrogen-bond donors (Lipinski definition) is 2. The van der Waals surface area contributed by atoms with Crippen molar-refractivity contribution in [1.29, 1.82) is 0 Å². The zero-order valence-electron chi connectivity index (χ0n) is 19.2. The Hall–Kier alpha value is -3.48. The van der Waals surface area contributed by atoms with Gasteiger partial charge in [0.2, 0.25) is 0 Å². The van der Waals surface area contributed by atoms with Gasteiger partial charge >= 0.3 is 6.09 Å². The summed E-state index contributed by atoms with van der Waals surface area (Å²) in [6, 6.07) is 10.6. The Morgan fingerprint density at radius 2 is 2.15 bits per heavy atom. The van der Waals surface area contributed by atoms with E-state index in [1.165, 1.54) is 23.4 Å². The first kappa shape index (κ1) is 22.3. The van der Waals surface area contributed by atoms with Gasteiger partial charge in [-0.05, 0) is 79.8 Å². The SMILES string of the molecule is CCOC(=O)N[C@@H]1CC[C@@H]2[C@H](Cc3cn[nH]c3[C@H]2C=Cc2ccc(-c3cccc(F)c3)cn2)C1. The van der Waals surface area contributed by atoms with Gasteiger partial charge in [-0.1, -0.05) is 24.3 Å². The van der Waals surface area contributed by atoms with Gasteiger partial charge in [-0.15, -0.1) is 0 Å². The fourth-order valence-corrected chi connectivity index (χ4v) is 5.52. The molecule has 1 fully saturated rings. The molecular weight excluding hydrogens is 431 g/mol. The van der Waals surface area contributed by atoms with Gasteiger partial charge in [0.1, 0.15) is 5.82 Å². The Kier molecular flexibility index (Phi) is 6.43. The van der Waals surface area contributed by atoms with Gasteiger partial charge < -0.3 is 10.1 Å². The summed E-state index contributed by atoms with van der Waals surface area (Å²) in [5.41, 5.74) is 5.00. The molecule has 7 heteroatoms. The number of allylic oxidation sites excluding steroid dienone is 1. The van der Waals surface area contributed by atoms with Crippen LogP contribution in [-0.4, -0.2) is 33.9 Å². The van der Waals surface area contributed by atoms with Crippen LogP contribution in [0, 0.1) is 17.7 Å². The summed E-state index contributed by atoms with van der Waals surface area (Å²) in [4.78, 5) is 16.5. The first-order valence-electron chi connectivity index (χ1n) is 12.0. The minimum absolute atomic E-state index is 0.149. The van der Waals surface area contributed by atoms with Gasteiger partial charge in [0.05, 0.1) is 18.5 Å². The molecule has 2 N–H and O–H groups in total. The second-order valence-corrected chi connectivity index (χ2v) is 9.18. The van der Waals surface area contributed by atoms with Crippen molar-refractivity contribution in [2.45, 2.75) is 44.6 Å². The van der Waals surface area contributed by atoms with E-state index in [0.717, 1.165) is 42.5 Å². The van der Waals surface area contributed by atoms with Crippen LogP contribution in [0.2, 0.25) is 0 Å². The molecule has 0 spiro atoms. The van der Waals surface area contributed by atoms with Crippen LogP contribution in [0.3, 0.4) is 0 Å². The molecule has 176 valence electrons. The average molecular weight is 461 g/mol. The van der Waals surface area contributed by atoms with E-state index in [-0.39, 0.29) is 23.9 Å². The maximum atomic E-state index is 13.5. The Labute approximate surface area is 198 Å². The topological polar surface area (TPSA) is 79.9 Å². The second kappa shape index (κ2) is 9.79. The van der Waals surface area contributed by atoms with Gasteiger partial charge in [-0.3, -0.25) is 10.1 Å². The fourth-order valence-electron chi connectivity index (χ4n) is 5.52. The third kappa shape index (κ3) is 4.74. The highest BCUT2D eigenvalue weighted by Gasteiger charge is 2.40. The van der Waals surface area contributed by atoms with Gasteiger partial charge in [0, 0.05) is 29.4 Å². The molecule has 0 saturated heterocycles. The number of benzene rings is 1. The first-order chi connectivity index (χ1) is 16.6. The Morgan fingerprint density at radius 1 is 1.24 bits per heavy atom. The molecule has 2 aromatic heterocycles. The highest BCUT2D eigenvalue weighted by Crippen LogP contribution is 2.47. The minimum atomic E-state index is -0.324. The summed E-state index contributed by atoms with van der Waals surface area (Å²) in [5, 5.41) is 10.6. The Bertz CT molecular complexity index is 1170. The largest absolute Gasteiger partial charge is 0.450 e. The fraction of sp³-hybridized carbons (Fsp3) is 0.370. The molecule has 2 heterocycles. The van der Waals surface area contributed by atoms with Crippen LogP contribution < -0.4 is 5.32 Å². The second-order valence-electron chi connectivity index (χ2n) is 9.18. The normalized spacial score (nSPS) is 23.8. The number of nitrogens with one attached hydrogen (secondary N) is 2. The van der Waals surface area contributed by atoms with Crippen molar-refractivity contribution in [2.24, 2.45) is 11.8 Å². The lowest BCUT2D eigenvalue weighted by Crippen LogP contribution is -2.44. The van der Waals surface area contributed by atoms with E-state index in [0.29, 0.717) is 18.4 Å². The van der Waals surface area contributed by atoms with E-state index < -0.39 is 0 Å². The van der Waals surface area contributed by atoms with Crippen molar-refractivity contribution in [3.63, 3.8) is 0 Å². The third-order valence-corrected chi connectivity index (χ3v) is 7.09. The smallest absolute Gasteiger partial charge is 0.407 e. The lowest BCUT2D eigenvalue weighted by Gasteiger charge is -2.42. The molecule has 2 aliphatic carbocycles. The van der Waals surface area contributed by atoms with Crippen LogP contribution in [-0.2, 0) is 11.2 Å². The van der Waals surface area contributed by atoms with Gasteiger partial charge in [-0.2, -0.15) is 5.10 Å². The summed E-state index contributed by atoms with van der Waals surface area (Å²) >= 11 is 0. The molecule has 1 saturated carbocycles. The maximum absolute atomic E-state index is 13.5.